The predicted octanol–water partition coefficient (Wildman–Crippen LogP) is 2.87. The Morgan fingerprint density at radius 1 is 1.47 bits per heavy atom. The molecule has 1 N–H and O–H groups in total. The molecule has 1 aromatic carbocycles. The second-order valence-electron chi connectivity index (χ2n) is 4.25. The fourth-order valence-electron chi connectivity index (χ4n) is 1.46. The van der Waals surface area contributed by atoms with Crippen LogP contribution in [0.3, 0.4) is 0 Å². The van der Waals surface area contributed by atoms with Gasteiger partial charge in [-0.05, 0) is 25.0 Å². The summed E-state index contributed by atoms with van der Waals surface area (Å²) >= 11 is 0. The van der Waals surface area contributed by atoms with Crippen LogP contribution in [0.1, 0.15) is 19.4 Å². The molecule has 1 atom stereocenters. The van der Waals surface area contributed by atoms with E-state index in [9.17, 15) is 9.18 Å². The van der Waals surface area contributed by atoms with Gasteiger partial charge in [0, 0.05) is 11.3 Å². The van der Waals surface area contributed by atoms with Crippen molar-refractivity contribution in [3.8, 4) is 6.07 Å². The highest BCUT2D eigenvalue weighted by Gasteiger charge is 2.22. The van der Waals surface area contributed by atoms with Gasteiger partial charge in [0.2, 0.25) is 5.91 Å². The van der Waals surface area contributed by atoms with Crippen molar-refractivity contribution >= 4 is 11.6 Å². The Bertz CT molecular complexity index is 463. The smallest absolute Gasteiger partial charge is 0.242 e. The summed E-state index contributed by atoms with van der Waals surface area (Å²) in [5, 5.41) is 11.5. The van der Waals surface area contributed by atoms with Crippen LogP contribution in [0.5, 0.6) is 0 Å². The van der Waals surface area contributed by atoms with Gasteiger partial charge in [0.1, 0.15) is 11.7 Å². The molecule has 1 amide bonds. The van der Waals surface area contributed by atoms with E-state index in [1.165, 1.54) is 12.1 Å². The van der Waals surface area contributed by atoms with Crippen LogP contribution in [-0.4, -0.2) is 5.91 Å². The highest BCUT2D eigenvalue weighted by atomic mass is 19.1. The molecule has 0 heterocycles. The van der Waals surface area contributed by atoms with E-state index in [1.54, 1.807) is 26.8 Å². The SMILES string of the molecule is Cc1c(F)cccc1NC(=O)C(C#N)C(C)C. The molecule has 1 rings (SSSR count). The summed E-state index contributed by atoms with van der Waals surface area (Å²) in [6.45, 7) is 5.18. The first kappa shape index (κ1) is 13.2. The maximum atomic E-state index is 13.3. The first-order chi connectivity index (χ1) is 7.97. The van der Waals surface area contributed by atoms with Crippen LogP contribution in [0.2, 0.25) is 0 Å². The van der Waals surface area contributed by atoms with E-state index in [0.29, 0.717) is 11.3 Å². The quantitative estimate of drug-likeness (QED) is 0.874. The minimum absolute atomic E-state index is 0.0751. The molecular formula is C13H15FN2O. The lowest BCUT2D eigenvalue weighted by Crippen LogP contribution is -2.26. The number of anilines is 1. The summed E-state index contributed by atoms with van der Waals surface area (Å²) in [6, 6.07) is 6.42. The number of nitriles is 1. The molecule has 0 aliphatic rings. The number of halogens is 1. The molecule has 17 heavy (non-hydrogen) atoms. The van der Waals surface area contributed by atoms with Gasteiger partial charge in [0.15, 0.2) is 0 Å². The van der Waals surface area contributed by atoms with E-state index < -0.39 is 11.8 Å². The average Bonchev–Trinajstić information content (AvgIpc) is 2.25. The molecule has 0 radical (unpaired) electrons. The third-order valence-corrected chi connectivity index (χ3v) is 2.61. The van der Waals surface area contributed by atoms with Crippen LogP contribution in [0.25, 0.3) is 0 Å². The number of carbonyl (C=O) groups excluding carboxylic acids is 1. The van der Waals surface area contributed by atoms with E-state index in [1.807, 2.05) is 6.07 Å². The number of benzene rings is 1. The van der Waals surface area contributed by atoms with Gasteiger partial charge in [-0.25, -0.2) is 4.39 Å². The number of nitrogens with one attached hydrogen (secondary N) is 1. The van der Waals surface area contributed by atoms with Crippen molar-refractivity contribution in [1.29, 1.82) is 5.26 Å². The molecule has 0 fully saturated rings. The number of amides is 1. The van der Waals surface area contributed by atoms with Gasteiger partial charge in [-0.3, -0.25) is 4.79 Å². The van der Waals surface area contributed by atoms with Crippen LogP contribution < -0.4 is 5.32 Å². The van der Waals surface area contributed by atoms with Gasteiger partial charge >= 0.3 is 0 Å². The van der Waals surface area contributed by atoms with Crippen molar-refractivity contribution in [1.82, 2.24) is 0 Å². The largest absolute Gasteiger partial charge is 0.325 e. The fraction of sp³-hybridized carbons (Fsp3) is 0.385. The minimum Gasteiger partial charge on any atom is -0.325 e. The molecular weight excluding hydrogens is 219 g/mol. The third kappa shape index (κ3) is 3.04. The lowest BCUT2D eigenvalue weighted by Gasteiger charge is -2.14. The third-order valence-electron chi connectivity index (χ3n) is 2.61. The van der Waals surface area contributed by atoms with Gasteiger partial charge in [-0.2, -0.15) is 5.26 Å². The second kappa shape index (κ2) is 5.44. The number of hydrogen-bond donors (Lipinski definition) is 1. The van der Waals surface area contributed by atoms with Crippen LogP contribution in [-0.2, 0) is 4.79 Å². The molecule has 0 spiro atoms. The average molecular weight is 234 g/mol. The van der Waals surface area contributed by atoms with E-state index in [4.69, 9.17) is 5.26 Å². The summed E-state index contributed by atoms with van der Waals surface area (Å²) < 4.78 is 13.3. The molecule has 0 aromatic heterocycles. The topological polar surface area (TPSA) is 52.9 Å². The van der Waals surface area contributed by atoms with Crippen molar-refractivity contribution in [3.05, 3.63) is 29.6 Å². The Hall–Kier alpha value is -1.89. The Balaban J connectivity index is 2.89. The number of carbonyl (C=O) groups is 1. The molecule has 90 valence electrons. The zero-order valence-electron chi connectivity index (χ0n) is 10.1. The maximum absolute atomic E-state index is 13.3. The zero-order chi connectivity index (χ0) is 13.0. The predicted molar refractivity (Wildman–Crippen MR) is 63.7 cm³/mol. The van der Waals surface area contributed by atoms with Crippen molar-refractivity contribution < 1.29 is 9.18 Å². The first-order valence-electron chi connectivity index (χ1n) is 5.43. The van der Waals surface area contributed by atoms with E-state index in [0.717, 1.165) is 0 Å². The minimum atomic E-state index is -0.724. The summed E-state index contributed by atoms with van der Waals surface area (Å²) in [7, 11) is 0. The summed E-state index contributed by atoms with van der Waals surface area (Å²) in [5.41, 5.74) is 0.789. The molecule has 0 aliphatic heterocycles. The van der Waals surface area contributed by atoms with Gasteiger partial charge in [-0.15, -0.1) is 0 Å². The summed E-state index contributed by atoms with van der Waals surface area (Å²) in [6.07, 6.45) is 0. The summed E-state index contributed by atoms with van der Waals surface area (Å²) in [5.74, 6) is -1.57. The van der Waals surface area contributed by atoms with Gasteiger partial charge in [0.05, 0.1) is 6.07 Å². The van der Waals surface area contributed by atoms with Crippen molar-refractivity contribution in [2.45, 2.75) is 20.8 Å². The maximum Gasteiger partial charge on any atom is 0.242 e. The van der Waals surface area contributed by atoms with Gasteiger partial charge in [-0.1, -0.05) is 19.9 Å². The van der Waals surface area contributed by atoms with Crippen LogP contribution in [0.4, 0.5) is 10.1 Å². The standard InChI is InChI=1S/C13H15FN2O/c1-8(2)10(7-15)13(17)16-12-6-4-5-11(14)9(12)3/h4-6,8,10H,1-3H3,(H,16,17). The van der Waals surface area contributed by atoms with Crippen LogP contribution in [0.15, 0.2) is 18.2 Å². The fourth-order valence-corrected chi connectivity index (χ4v) is 1.46. The van der Waals surface area contributed by atoms with Crippen molar-refractivity contribution in [2.24, 2.45) is 11.8 Å². The highest BCUT2D eigenvalue weighted by molar-refractivity contribution is 5.94. The zero-order valence-corrected chi connectivity index (χ0v) is 10.1. The summed E-state index contributed by atoms with van der Waals surface area (Å²) in [4.78, 5) is 11.8. The molecule has 1 aromatic rings. The molecule has 0 saturated heterocycles. The Morgan fingerprint density at radius 3 is 2.65 bits per heavy atom. The van der Waals surface area contributed by atoms with Crippen LogP contribution >= 0.6 is 0 Å². The van der Waals surface area contributed by atoms with E-state index in [2.05, 4.69) is 5.32 Å². The molecule has 1 unspecified atom stereocenters. The Kier molecular flexibility index (Phi) is 4.22. The second-order valence-corrected chi connectivity index (χ2v) is 4.25. The molecule has 0 bridgehead atoms. The monoisotopic (exact) mass is 234 g/mol. The van der Waals surface area contributed by atoms with E-state index in [-0.39, 0.29) is 11.7 Å². The van der Waals surface area contributed by atoms with Crippen molar-refractivity contribution in [3.63, 3.8) is 0 Å². The number of nitrogens with zero attached hydrogens (tertiary/aromatic N) is 1. The van der Waals surface area contributed by atoms with E-state index >= 15 is 0 Å². The first-order valence-corrected chi connectivity index (χ1v) is 5.43. The van der Waals surface area contributed by atoms with Crippen LogP contribution in [0, 0.1) is 35.9 Å². The molecule has 4 heteroatoms. The Morgan fingerprint density at radius 2 is 2.12 bits per heavy atom. The number of rotatable bonds is 3. The lowest BCUT2D eigenvalue weighted by molar-refractivity contribution is -0.119. The van der Waals surface area contributed by atoms with Gasteiger partial charge in [0.25, 0.3) is 0 Å². The normalized spacial score (nSPS) is 12.0. The molecule has 3 nitrogen and oxygen atoms in total. The number of hydrogen-bond acceptors (Lipinski definition) is 2. The Labute approximate surface area is 100 Å². The van der Waals surface area contributed by atoms with Gasteiger partial charge < -0.3 is 5.32 Å². The molecule has 0 saturated carbocycles. The highest BCUT2D eigenvalue weighted by Crippen LogP contribution is 2.19. The molecule has 0 aliphatic carbocycles. The van der Waals surface area contributed by atoms with Crippen molar-refractivity contribution in [2.75, 3.05) is 5.32 Å². The lowest BCUT2D eigenvalue weighted by atomic mass is 9.96.